The van der Waals surface area contributed by atoms with Gasteiger partial charge in [-0.05, 0) is 37.6 Å². The largest absolute Gasteiger partial charge is 0.326 e. The molecule has 2 heterocycles. The van der Waals surface area contributed by atoms with Gasteiger partial charge in [0.15, 0.2) is 0 Å². The highest BCUT2D eigenvalue weighted by Gasteiger charge is 2.33. The molecule has 1 aliphatic rings. The summed E-state index contributed by atoms with van der Waals surface area (Å²) in [5.74, 6) is 0.354. The molecule has 0 atom stereocenters. The first-order chi connectivity index (χ1) is 11.6. The van der Waals surface area contributed by atoms with Crippen LogP contribution in [-0.4, -0.2) is 24.1 Å². The third-order valence-corrected chi connectivity index (χ3v) is 5.66. The number of benzene rings is 1. The SMILES string of the molecule is CC(C)n1nccc1NS(=O)(=O)c1ccc2c(c1)C(C)(C)CC(=O)N2. The summed E-state index contributed by atoms with van der Waals surface area (Å²) < 4.78 is 29.8. The van der Waals surface area contributed by atoms with Crippen LogP contribution in [0.1, 0.15) is 45.7 Å². The summed E-state index contributed by atoms with van der Waals surface area (Å²) in [6.45, 7) is 7.72. The lowest BCUT2D eigenvalue weighted by Crippen LogP contribution is -2.32. The maximum absolute atomic E-state index is 12.8. The van der Waals surface area contributed by atoms with E-state index in [1.165, 1.54) is 6.07 Å². The average Bonchev–Trinajstić information content (AvgIpc) is 2.93. The van der Waals surface area contributed by atoms with Crippen LogP contribution < -0.4 is 10.0 Å². The van der Waals surface area contributed by atoms with Crippen LogP contribution in [0.2, 0.25) is 0 Å². The summed E-state index contributed by atoms with van der Waals surface area (Å²) in [7, 11) is -3.76. The summed E-state index contributed by atoms with van der Waals surface area (Å²) in [6.07, 6.45) is 1.88. The molecule has 7 nitrogen and oxygen atoms in total. The number of amides is 1. The molecule has 2 aromatic rings. The zero-order chi connectivity index (χ0) is 18.4. The van der Waals surface area contributed by atoms with Gasteiger partial charge < -0.3 is 5.32 Å². The number of nitrogens with zero attached hydrogens (tertiary/aromatic N) is 2. The molecule has 1 aliphatic heterocycles. The smallest absolute Gasteiger partial charge is 0.263 e. The monoisotopic (exact) mass is 362 g/mol. The molecule has 0 aliphatic carbocycles. The molecule has 1 amide bonds. The molecule has 0 fully saturated rings. The van der Waals surface area contributed by atoms with Gasteiger partial charge in [0.25, 0.3) is 10.0 Å². The summed E-state index contributed by atoms with van der Waals surface area (Å²) in [5, 5.41) is 6.93. The molecule has 2 N–H and O–H groups in total. The fourth-order valence-electron chi connectivity index (χ4n) is 3.05. The van der Waals surface area contributed by atoms with E-state index in [-0.39, 0.29) is 16.8 Å². The van der Waals surface area contributed by atoms with Gasteiger partial charge in [0.1, 0.15) is 5.82 Å². The highest BCUT2D eigenvalue weighted by atomic mass is 32.2. The fraction of sp³-hybridized carbons (Fsp3) is 0.412. The molecule has 0 saturated carbocycles. The number of rotatable bonds is 4. The number of hydrogen-bond acceptors (Lipinski definition) is 4. The van der Waals surface area contributed by atoms with E-state index in [9.17, 15) is 13.2 Å². The van der Waals surface area contributed by atoms with Crippen molar-refractivity contribution in [1.82, 2.24) is 9.78 Å². The summed E-state index contributed by atoms with van der Waals surface area (Å²) in [6, 6.07) is 6.43. The van der Waals surface area contributed by atoms with Crippen molar-refractivity contribution in [2.45, 2.75) is 50.5 Å². The number of anilines is 2. The van der Waals surface area contributed by atoms with Crippen LogP contribution in [0.3, 0.4) is 0 Å². The first kappa shape index (κ1) is 17.5. The molecule has 0 saturated heterocycles. The quantitative estimate of drug-likeness (QED) is 0.874. The normalized spacial score (nSPS) is 16.4. The van der Waals surface area contributed by atoms with Gasteiger partial charge in [-0.2, -0.15) is 5.10 Å². The Kier molecular flexibility index (Phi) is 4.10. The molecular formula is C17H22N4O3S. The summed E-state index contributed by atoms with van der Waals surface area (Å²) >= 11 is 0. The van der Waals surface area contributed by atoms with Crippen LogP contribution in [0.5, 0.6) is 0 Å². The van der Waals surface area contributed by atoms with Crippen LogP contribution in [0.25, 0.3) is 0 Å². The maximum Gasteiger partial charge on any atom is 0.263 e. The zero-order valence-electron chi connectivity index (χ0n) is 14.7. The third kappa shape index (κ3) is 3.26. The van der Waals surface area contributed by atoms with E-state index in [0.29, 0.717) is 17.9 Å². The third-order valence-electron chi connectivity index (χ3n) is 4.31. The minimum atomic E-state index is -3.76. The molecule has 0 spiro atoms. The van der Waals surface area contributed by atoms with Crippen molar-refractivity contribution in [3.63, 3.8) is 0 Å². The van der Waals surface area contributed by atoms with Crippen LogP contribution >= 0.6 is 0 Å². The average molecular weight is 362 g/mol. The number of nitrogens with one attached hydrogen (secondary N) is 2. The van der Waals surface area contributed by atoms with Crippen LogP contribution in [0.4, 0.5) is 11.5 Å². The van der Waals surface area contributed by atoms with Crippen molar-refractivity contribution in [1.29, 1.82) is 0 Å². The second kappa shape index (κ2) is 5.87. The lowest BCUT2D eigenvalue weighted by molar-refractivity contribution is -0.117. The first-order valence-electron chi connectivity index (χ1n) is 8.11. The second-order valence-electron chi connectivity index (χ2n) is 7.18. The number of fused-ring (bicyclic) bond motifs is 1. The highest BCUT2D eigenvalue weighted by molar-refractivity contribution is 7.92. The van der Waals surface area contributed by atoms with Crippen LogP contribution in [-0.2, 0) is 20.2 Å². The molecule has 134 valence electrons. The number of hydrogen-bond donors (Lipinski definition) is 2. The molecular weight excluding hydrogens is 340 g/mol. The van der Waals surface area contributed by atoms with Crippen molar-refractivity contribution in [3.8, 4) is 0 Å². The van der Waals surface area contributed by atoms with Crippen molar-refractivity contribution < 1.29 is 13.2 Å². The summed E-state index contributed by atoms with van der Waals surface area (Å²) in [4.78, 5) is 11.9. The van der Waals surface area contributed by atoms with E-state index >= 15 is 0 Å². The molecule has 8 heteroatoms. The van der Waals surface area contributed by atoms with Crippen LogP contribution in [0.15, 0.2) is 35.4 Å². The van der Waals surface area contributed by atoms with Gasteiger partial charge >= 0.3 is 0 Å². The van der Waals surface area contributed by atoms with Gasteiger partial charge in [0.2, 0.25) is 5.91 Å². The summed E-state index contributed by atoms with van der Waals surface area (Å²) in [5.41, 5.74) is 1.04. The molecule has 1 aromatic carbocycles. The standard InChI is InChI=1S/C17H22N4O3S/c1-11(2)21-15(7-8-18-21)20-25(23,24)12-5-6-14-13(9-12)17(3,4)10-16(22)19-14/h5-9,11,20H,10H2,1-4H3,(H,19,22). The number of sulfonamides is 1. The van der Waals surface area contributed by atoms with Gasteiger partial charge in [-0.3, -0.25) is 9.52 Å². The molecule has 25 heavy (non-hydrogen) atoms. The zero-order valence-corrected chi connectivity index (χ0v) is 15.5. The Labute approximate surface area is 147 Å². The topological polar surface area (TPSA) is 93.1 Å². The van der Waals surface area contributed by atoms with Gasteiger partial charge in [-0.15, -0.1) is 0 Å². The minimum absolute atomic E-state index is 0.0328. The van der Waals surface area contributed by atoms with Crippen molar-refractivity contribution in [2.24, 2.45) is 0 Å². The Morgan fingerprint density at radius 3 is 2.68 bits per heavy atom. The van der Waals surface area contributed by atoms with Crippen molar-refractivity contribution in [3.05, 3.63) is 36.0 Å². The Hall–Kier alpha value is -2.35. The van der Waals surface area contributed by atoms with E-state index in [1.807, 2.05) is 27.7 Å². The molecule has 1 aromatic heterocycles. The van der Waals surface area contributed by atoms with E-state index in [0.717, 1.165) is 5.56 Å². The van der Waals surface area contributed by atoms with Crippen LogP contribution in [0, 0.1) is 0 Å². The maximum atomic E-state index is 12.8. The van der Waals surface area contributed by atoms with Gasteiger partial charge in [0, 0.05) is 29.6 Å². The lowest BCUT2D eigenvalue weighted by atomic mass is 9.78. The van der Waals surface area contributed by atoms with Gasteiger partial charge in [-0.25, -0.2) is 13.1 Å². The minimum Gasteiger partial charge on any atom is -0.326 e. The van der Waals surface area contributed by atoms with E-state index in [2.05, 4.69) is 15.1 Å². The fourth-order valence-corrected chi connectivity index (χ4v) is 4.13. The predicted molar refractivity (Wildman–Crippen MR) is 96.1 cm³/mol. The Morgan fingerprint density at radius 1 is 1.28 bits per heavy atom. The van der Waals surface area contributed by atoms with E-state index in [1.54, 1.807) is 29.1 Å². The predicted octanol–water partition coefficient (Wildman–Crippen LogP) is 2.88. The van der Waals surface area contributed by atoms with Crippen molar-refractivity contribution >= 4 is 27.4 Å². The highest BCUT2D eigenvalue weighted by Crippen LogP contribution is 2.38. The van der Waals surface area contributed by atoms with Gasteiger partial charge in [-0.1, -0.05) is 13.8 Å². The van der Waals surface area contributed by atoms with Gasteiger partial charge in [0.05, 0.1) is 11.1 Å². The first-order valence-corrected chi connectivity index (χ1v) is 9.59. The van der Waals surface area contributed by atoms with E-state index in [4.69, 9.17) is 0 Å². The molecule has 0 unspecified atom stereocenters. The number of carbonyl (C=O) groups excluding carboxylic acids is 1. The Morgan fingerprint density at radius 2 is 2.00 bits per heavy atom. The molecule has 0 radical (unpaired) electrons. The lowest BCUT2D eigenvalue weighted by Gasteiger charge is -2.32. The second-order valence-corrected chi connectivity index (χ2v) is 8.86. The Balaban J connectivity index is 1.99. The molecule has 0 bridgehead atoms. The molecule has 3 rings (SSSR count). The number of aromatic nitrogens is 2. The number of carbonyl (C=O) groups is 1. The Bertz CT molecular complexity index is 929. The van der Waals surface area contributed by atoms with Crippen molar-refractivity contribution in [2.75, 3.05) is 10.0 Å². The van der Waals surface area contributed by atoms with E-state index < -0.39 is 15.4 Å².